The predicted molar refractivity (Wildman–Crippen MR) is 110 cm³/mol. The van der Waals surface area contributed by atoms with Gasteiger partial charge in [0.05, 0.1) is 20.3 Å². The predicted octanol–water partition coefficient (Wildman–Crippen LogP) is 4.24. The summed E-state index contributed by atoms with van der Waals surface area (Å²) < 4.78 is 7.31. The van der Waals surface area contributed by atoms with Crippen LogP contribution < -0.4 is 4.74 Å². The number of hydrogen-bond donors (Lipinski definition) is 0. The van der Waals surface area contributed by atoms with Gasteiger partial charge in [0.2, 0.25) is 0 Å². The third-order valence-corrected chi connectivity index (χ3v) is 6.10. The second-order valence-electron chi connectivity index (χ2n) is 6.34. The van der Waals surface area contributed by atoms with Gasteiger partial charge in [0, 0.05) is 20.2 Å². The molecule has 7 nitrogen and oxygen atoms in total. The lowest BCUT2D eigenvalue weighted by molar-refractivity contribution is 0.0831. The summed E-state index contributed by atoms with van der Waals surface area (Å²) in [7, 11) is 3.45. The van der Waals surface area contributed by atoms with E-state index in [9.17, 15) is 4.79 Å². The van der Waals surface area contributed by atoms with Crippen LogP contribution in [0.2, 0.25) is 10.0 Å². The Labute approximate surface area is 174 Å². The van der Waals surface area contributed by atoms with Crippen molar-refractivity contribution >= 4 is 56.3 Å². The first kappa shape index (κ1) is 18.9. The Morgan fingerprint density at radius 1 is 1.29 bits per heavy atom. The maximum absolute atomic E-state index is 12.4. The number of thiophene rings is 1. The molecular weight excluding hydrogens is 421 g/mol. The summed E-state index contributed by atoms with van der Waals surface area (Å²) >= 11 is 13.3. The normalized spacial score (nSPS) is 11.3. The van der Waals surface area contributed by atoms with Crippen LogP contribution in [-0.2, 0) is 6.61 Å². The summed E-state index contributed by atoms with van der Waals surface area (Å²) in [6.07, 6.45) is 1.59. The van der Waals surface area contributed by atoms with Crippen LogP contribution in [-0.4, -0.2) is 44.5 Å². The van der Waals surface area contributed by atoms with Gasteiger partial charge in [0.25, 0.3) is 5.91 Å². The van der Waals surface area contributed by atoms with Gasteiger partial charge in [-0.2, -0.15) is 0 Å². The molecule has 144 valence electrons. The molecule has 3 heterocycles. The van der Waals surface area contributed by atoms with Gasteiger partial charge in [-0.15, -0.1) is 16.4 Å². The van der Waals surface area contributed by atoms with Gasteiger partial charge in [-0.1, -0.05) is 23.2 Å². The zero-order valence-corrected chi connectivity index (χ0v) is 17.6. The summed E-state index contributed by atoms with van der Waals surface area (Å²) in [5.74, 6) is 1.01. The summed E-state index contributed by atoms with van der Waals surface area (Å²) in [6, 6.07) is 5.04. The molecule has 0 aliphatic rings. The fraction of sp³-hybridized carbons (Fsp3) is 0.222. The van der Waals surface area contributed by atoms with Crippen LogP contribution in [0.4, 0.5) is 0 Å². The van der Waals surface area contributed by atoms with Crippen molar-refractivity contribution in [3.05, 3.63) is 50.8 Å². The molecule has 4 aromatic rings. The van der Waals surface area contributed by atoms with E-state index >= 15 is 0 Å². The molecule has 0 N–H and O–H groups in total. The van der Waals surface area contributed by atoms with Crippen molar-refractivity contribution in [1.29, 1.82) is 0 Å². The minimum Gasteiger partial charge on any atom is -0.485 e. The smallest absolute Gasteiger partial charge is 0.263 e. The van der Waals surface area contributed by atoms with E-state index in [1.165, 1.54) is 11.3 Å². The number of halogens is 2. The highest BCUT2D eigenvalue weighted by molar-refractivity contribution is 7.20. The lowest BCUT2D eigenvalue weighted by Gasteiger charge is -2.08. The van der Waals surface area contributed by atoms with Crippen LogP contribution in [0.1, 0.15) is 21.1 Å². The summed E-state index contributed by atoms with van der Waals surface area (Å²) in [5, 5.41) is 6.12. The van der Waals surface area contributed by atoms with Gasteiger partial charge in [0.15, 0.2) is 11.5 Å². The Kier molecular flexibility index (Phi) is 4.86. The molecule has 0 atom stereocenters. The van der Waals surface area contributed by atoms with Crippen molar-refractivity contribution in [3.63, 3.8) is 0 Å². The minimum absolute atomic E-state index is 0.0543. The van der Waals surface area contributed by atoms with Gasteiger partial charge in [-0.25, -0.2) is 14.5 Å². The van der Waals surface area contributed by atoms with Crippen LogP contribution >= 0.6 is 34.5 Å². The van der Waals surface area contributed by atoms with E-state index in [4.69, 9.17) is 27.9 Å². The van der Waals surface area contributed by atoms with E-state index in [1.54, 1.807) is 48.0 Å². The van der Waals surface area contributed by atoms with Gasteiger partial charge < -0.3 is 9.64 Å². The largest absolute Gasteiger partial charge is 0.485 e. The van der Waals surface area contributed by atoms with Gasteiger partial charge in [-0.3, -0.25) is 4.79 Å². The molecule has 0 fully saturated rings. The van der Waals surface area contributed by atoms with E-state index in [0.717, 1.165) is 15.8 Å². The van der Waals surface area contributed by atoms with Gasteiger partial charge >= 0.3 is 0 Å². The average Bonchev–Trinajstić information content (AvgIpc) is 3.22. The van der Waals surface area contributed by atoms with Crippen LogP contribution in [0.25, 0.3) is 15.9 Å². The monoisotopic (exact) mass is 435 g/mol. The highest BCUT2D eigenvalue weighted by Crippen LogP contribution is 2.32. The van der Waals surface area contributed by atoms with E-state index in [1.807, 2.05) is 6.92 Å². The Balaban J connectivity index is 1.69. The number of benzene rings is 1. The molecule has 0 unspecified atom stereocenters. The zero-order valence-electron chi connectivity index (χ0n) is 15.2. The number of nitrogens with zero attached hydrogens (tertiary/aromatic N) is 5. The first-order valence-corrected chi connectivity index (χ1v) is 9.85. The molecule has 10 heteroatoms. The van der Waals surface area contributed by atoms with E-state index in [-0.39, 0.29) is 12.5 Å². The summed E-state index contributed by atoms with van der Waals surface area (Å²) in [4.78, 5) is 24.4. The maximum Gasteiger partial charge on any atom is 0.263 e. The van der Waals surface area contributed by atoms with Gasteiger partial charge in [-0.05, 0) is 24.6 Å². The third kappa shape index (κ3) is 3.28. The molecule has 0 radical (unpaired) electrons. The number of hydrogen-bond acceptors (Lipinski definition) is 6. The van der Waals surface area contributed by atoms with E-state index < -0.39 is 0 Å². The molecule has 0 saturated carbocycles. The molecule has 0 bridgehead atoms. The number of amides is 1. The third-order valence-electron chi connectivity index (χ3n) is 4.17. The molecule has 0 aliphatic carbocycles. The van der Waals surface area contributed by atoms with Crippen molar-refractivity contribution in [2.24, 2.45) is 0 Å². The second kappa shape index (κ2) is 7.20. The number of aromatic nitrogens is 4. The first-order chi connectivity index (χ1) is 13.3. The number of fused-ring (bicyclic) bond motifs is 3. The number of rotatable bonds is 4. The van der Waals surface area contributed by atoms with Crippen LogP contribution in [0.15, 0.2) is 24.5 Å². The van der Waals surface area contributed by atoms with Crippen molar-refractivity contribution in [2.45, 2.75) is 13.5 Å². The highest BCUT2D eigenvalue weighted by Gasteiger charge is 2.21. The topological polar surface area (TPSA) is 72.6 Å². The molecule has 0 saturated heterocycles. The molecule has 0 aliphatic heterocycles. The average molecular weight is 436 g/mol. The zero-order chi connectivity index (χ0) is 20.0. The lowest BCUT2D eigenvalue weighted by Crippen LogP contribution is -2.21. The number of carbonyl (C=O) groups is 1. The van der Waals surface area contributed by atoms with Crippen LogP contribution in [0.5, 0.6) is 5.75 Å². The standard InChI is InChI=1S/C18H15Cl2N5O2S/c1-9-14-16-22-13(7-27-10-4-5-11(19)12(20)6-10)23-25(16)8-21-17(14)28-15(9)18(26)24(2)3/h4-6,8H,7H2,1-3H3. The van der Waals surface area contributed by atoms with Crippen LogP contribution in [0.3, 0.4) is 0 Å². The lowest BCUT2D eigenvalue weighted by atomic mass is 10.2. The van der Waals surface area contributed by atoms with Crippen molar-refractivity contribution in [1.82, 2.24) is 24.5 Å². The summed E-state index contributed by atoms with van der Waals surface area (Å²) in [5.41, 5.74) is 1.49. The molecule has 4 rings (SSSR count). The minimum atomic E-state index is -0.0543. The quantitative estimate of drug-likeness (QED) is 0.479. The Hall–Kier alpha value is -2.42. The summed E-state index contributed by atoms with van der Waals surface area (Å²) in [6.45, 7) is 2.06. The Morgan fingerprint density at radius 2 is 2.07 bits per heavy atom. The Bertz CT molecular complexity index is 1220. The van der Waals surface area contributed by atoms with E-state index in [0.29, 0.717) is 32.1 Å². The fourth-order valence-corrected chi connectivity index (χ4v) is 4.21. The SMILES string of the molecule is Cc1c(C(=O)N(C)C)sc2ncn3nc(COc4ccc(Cl)c(Cl)c4)nc3c12. The number of aryl methyl sites for hydroxylation is 1. The number of carbonyl (C=O) groups excluding carboxylic acids is 1. The molecule has 3 aromatic heterocycles. The molecule has 1 aromatic carbocycles. The molecular formula is C18H15Cl2N5O2S. The van der Waals surface area contributed by atoms with Gasteiger partial charge in [0.1, 0.15) is 23.5 Å². The van der Waals surface area contributed by atoms with E-state index in [2.05, 4.69) is 15.1 Å². The second-order valence-corrected chi connectivity index (χ2v) is 8.15. The maximum atomic E-state index is 12.4. The van der Waals surface area contributed by atoms with Crippen molar-refractivity contribution < 1.29 is 9.53 Å². The molecule has 28 heavy (non-hydrogen) atoms. The Morgan fingerprint density at radius 3 is 2.79 bits per heavy atom. The molecule has 0 spiro atoms. The highest BCUT2D eigenvalue weighted by atomic mass is 35.5. The fourth-order valence-electron chi connectivity index (χ4n) is 2.76. The first-order valence-electron chi connectivity index (χ1n) is 8.28. The molecule has 1 amide bonds. The van der Waals surface area contributed by atoms with Crippen molar-refractivity contribution in [3.8, 4) is 5.75 Å². The van der Waals surface area contributed by atoms with Crippen molar-refractivity contribution in [2.75, 3.05) is 14.1 Å². The number of ether oxygens (including phenoxy) is 1. The van der Waals surface area contributed by atoms with Crippen LogP contribution in [0, 0.1) is 6.92 Å².